The van der Waals surface area contributed by atoms with Gasteiger partial charge in [-0.25, -0.2) is 0 Å². The molecule has 1 unspecified atom stereocenters. The zero-order valence-corrected chi connectivity index (χ0v) is 7.55. The number of nitrogens with two attached hydrogens (primary N) is 1. The quantitative estimate of drug-likeness (QED) is 0.649. The fourth-order valence-electron chi connectivity index (χ4n) is 2.47. The van der Waals surface area contributed by atoms with Crippen molar-refractivity contribution in [2.75, 3.05) is 6.61 Å². The van der Waals surface area contributed by atoms with Gasteiger partial charge in [-0.05, 0) is 36.5 Å². The SMILES string of the molecule is NC1COc2ccc3c(c21)CCC3. The molecule has 0 bridgehead atoms. The van der Waals surface area contributed by atoms with Gasteiger partial charge in [0.1, 0.15) is 12.4 Å². The van der Waals surface area contributed by atoms with Crippen molar-refractivity contribution in [1.82, 2.24) is 0 Å². The van der Waals surface area contributed by atoms with Gasteiger partial charge in [-0.1, -0.05) is 6.07 Å². The highest BCUT2D eigenvalue weighted by Gasteiger charge is 2.27. The van der Waals surface area contributed by atoms with Crippen molar-refractivity contribution in [3.63, 3.8) is 0 Å². The Morgan fingerprint density at radius 1 is 1.31 bits per heavy atom. The van der Waals surface area contributed by atoms with Gasteiger partial charge in [0.05, 0.1) is 6.04 Å². The van der Waals surface area contributed by atoms with Crippen LogP contribution >= 0.6 is 0 Å². The summed E-state index contributed by atoms with van der Waals surface area (Å²) in [6.07, 6.45) is 3.68. The zero-order chi connectivity index (χ0) is 8.84. The molecule has 0 radical (unpaired) electrons. The lowest BCUT2D eigenvalue weighted by Gasteiger charge is -2.07. The van der Waals surface area contributed by atoms with Gasteiger partial charge in [0.25, 0.3) is 0 Å². The molecule has 2 N–H and O–H groups in total. The van der Waals surface area contributed by atoms with Crippen LogP contribution < -0.4 is 10.5 Å². The first-order valence-electron chi connectivity index (χ1n) is 4.89. The molecule has 1 aliphatic heterocycles. The highest BCUT2D eigenvalue weighted by Crippen LogP contribution is 2.38. The molecule has 0 spiro atoms. The maximum Gasteiger partial charge on any atom is 0.124 e. The van der Waals surface area contributed by atoms with Crippen LogP contribution in [0.25, 0.3) is 0 Å². The largest absolute Gasteiger partial charge is 0.491 e. The minimum Gasteiger partial charge on any atom is -0.491 e. The lowest BCUT2D eigenvalue weighted by molar-refractivity contribution is 0.333. The molecule has 1 heterocycles. The third kappa shape index (κ3) is 0.923. The normalized spacial score (nSPS) is 23.9. The van der Waals surface area contributed by atoms with Crippen LogP contribution in [-0.4, -0.2) is 6.61 Å². The van der Waals surface area contributed by atoms with E-state index in [0.717, 1.165) is 5.75 Å². The van der Waals surface area contributed by atoms with Gasteiger partial charge in [-0.2, -0.15) is 0 Å². The van der Waals surface area contributed by atoms with Gasteiger partial charge in [0.15, 0.2) is 0 Å². The van der Waals surface area contributed by atoms with Crippen LogP contribution in [0, 0.1) is 0 Å². The van der Waals surface area contributed by atoms with Crippen molar-refractivity contribution in [1.29, 1.82) is 0 Å². The number of benzene rings is 1. The Kier molecular flexibility index (Phi) is 1.41. The molecule has 0 saturated heterocycles. The molecule has 13 heavy (non-hydrogen) atoms. The van der Waals surface area contributed by atoms with Crippen molar-refractivity contribution in [2.24, 2.45) is 5.73 Å². The third-order valence-electron chi connectivity index (χ3n) is 3.08. The Hall–Kier alpha value is -1.02. The van der Waals surface area contributed by atoms with Gasteiger partial charge < -0.3 is 10.5 Å². The Labute approximate surface area is 77.7 Å². The second-order valence-electron chi connectivity index (χ2n) is 3.89. The predicted molar refractivity (Wildman–Crippen MR) is 50.9 cm³/mol. The summed E-state index contributed by atoms with van der Waals surface area (Å²) in [6, 6.07) is 4.38. The monoisotopic (exact) mass is 175 g/mol. The first-order valence-corrected chi connectivity index (χ1v) is 4.89. The van der Waals surface area contributed by atoms with Crippen LogP contribution in [0.1, 0.15) is 29.2 Å². The number of rotatable bonds is 0. The third-order valence-corrected chi connectivity index (χ3v) is 3.08. The second-order valence-corrected chi connectivity index (χ2v) is 3.89. The smallest absolute Gasteiger partial charge is 0.124 e. The van der Waals surface area contributed by atoms with Crippen molar-refractivity contribution >= 4 is 0 Å². The number of hydrogen-bond acceptors (Lipinski definition) is 2. The molecule has 0 fully saturated rings. The number of hydrogen-bond donors (Lipinski definition) is 1. The van der Waals surface area contributed by atoms with E-state index < -0.39 is 0 Å². The van der Waals surface area contributed by atoms with E-state index in [4.69, 9.17) is 10.5 Å². The van der Waals surface area contributed by atoms with E-state index in [1.54, 1.807) is 0 Å². The summed E-state index contributed by atoms with van der Waals surface area (Å²) in [7, 11) is 0. The highest BCUT2D eigenvalue weighted by atomic mass is 16.5. The average Bonchev–Trinajstić information content (AvgIpc) is 2.70. The van der Waals surface area contributed by atoms with Crippen LogP contribution in [0.4, 0.5) is 0 Å². The summed E-state index contributed by atoms with van der Waals surface area (Å²) in [5.74, 6) is 1.02. The fraction of sp³-hybridized carbons (Fsp3) is 0.455. The molecular formula is C11H13NO. The standard InChI is InChI=1S/C11H13NO/c12-9-6-13-10-5-4-7-2-1-3-8(7)11(9)10/h4-5,9H,1-3,6,12H2. The van der Waals surface area contributed by atoms with E-state index in [0.29, 0.717) is 6.61 Å². The lowest BCUT2D eigenvalue weighted by Crippen LogP contribution is -2.12. The van der Waals surface area contributed by atoms with E-state index in [9.17, 15) is 0 Å². The molecule has 3 rings (SSSR count). The average molecular weight is 175 g/mol. The molecule has 1 atom stereocenters. The highest BCUT2D eigenvalue weighted by molar-refractivity contribution is 5.50. The van der Waals surface area contributed by atoms with Crippen LogP contribution in [0.15, 0.2) is 12.1 Å². The van der Waals surface area contributed by atoms with E-state index in [1.165, 1.54) is 36.0 Å². The summed E-state index contributed by atoms with van der Waals surface area (Å²) in [5, 5.41) is 0. The summed E-state index contributed by atoms with van der Waals surface area (Å²) >= 11 is 0. The molecule has 0 aromatic heterocycles. The number of ether oxygens (including phenoxy) is 1. The molecule has 2 heteroatoms. The molecule has 2 nitrogen and oxygen atoms in total. The van der Waals surface area contributed by atoms with Crippen LogP contribution in [0.3, 0.4) is 0 Å². The molecule has 0 saturated carbocycles. The summed E-state index contributed by atoms with van der Waals surface area (Å²) in [6.45, 7) is 0.659. The molecule has 2 aliphatic rings. The molecule has 68 valence electrons. The summed E-state index contributed by atoms with van der Waals surface area (Å²) < 4.78 is 5.51. The van der Waals surface area contributed by atoms with Crippen molar-refractivity contribution in [3.8, 4) is 5.75 Å². The molecule has 1 aromatic carbocycles. The molecular weight excluding hydrogens is 162 g/mol. The minimum absolute atomic E-state index is 0.114. The Morgan fingerprint density at radius 3 is 3.15 bits per heavy atom. The van der Waals surface area contributed by atoms with Gasteiger partial charge in [-0.15, -0.1) is 0 Å². The Bertz CT molecular complexity index is 359. The Morgan fingerprint density at radius 2 is 2.23 bits per heavy atom. The van der Waals surface area contributed by atoms with Gasteiger partial charge in [-0.3, -0.25) is 0 Å². The van der Waals surface area contributed by atoms with Crippen LogP contribution in [0.2, 0.25) is 0 Å². The topological polar surface area (TPSA) is 35.2 Å². The van der Waals surface area contributed by atoms with Crippen molar-refractivity contribution < 1.29 is 4.74 Å². The van der Waals surface area contributed by atoms with Crippen molar-refractivity contribution in [3.05, 3.63) is 28.8 Å². The van der Waals surface area contributed by atoms with Gasteiger partial charge in [0.2, 0.25) is 0 Å². The predicted octanol–water partition coefficient (Wildman–Crippen LogP) is 1.57. The molecule has 1 aliphatic carbocycles. The van der Waals surface area contributed by atoms with Gasteiger partial charge >= 0.3 is 0 Å². The zero-order valence-electron chi connectivity index (χ0n) is 7.55. The van der Waals surface area contributed by atoms with Crippen molar-refractivity contribution in [2.45, 2.75) is 25.3 Å². The van der Waals surface area contributed by atoms with E-state index in [2.05, 4.69) is 12.1 Å². The maximum atomic E-state index is 5.99. The maximum absolute atomic E-state index is 5.99. The fourth-order valence-corrected chi connectivity index (χ4v) is 2.47. The van der Waals surface area contributed by atoms with Crippen LogP contribution in [-0.2, 0) is 12.8 Å². The van der Waals surface area contributed by atoms with E-state index >= 15 is 0 Å². The van der Waals surface area contributed by atoms with E-state index in [-0.39, 0.29) is 6.04 Å². The van der Waals surface area contributed by atoms with E-state index in [1.807, 2.05) is 0 Å². The molecule has 0 amide bonds. The van der Waals surface area contributed by atoms with Crippen LogP contribution in [0.5, 0.6) is 5.75 Å². The molecule has 1 aromatic rings. The first kappa shape index (κ1) is 7.39. The lowest BCUT2D eigenvalue weighted by atomic mass is 9.99. The summed E-state index contributed by atoms with van der Waals surface area (Å²) in [5.41, 5.74) is 10.2. The second kappa shape index (κ2) is 2.48. The minimum atomic E-state index is 0.114. The summed E-state index contributed by atoms with van der Waals surface area (Å²) in [4.78, 5) is 0. The number of fused-ring (bicyclic) bond motifs is 3. The first-order chi connectivity index (χ1) is 6.36. The van der Waals surface area contributed by atoms with Gasteiger partial charge in [0, 0.05) is 5.56 Å². The Balaban J connectivity index is 2.23. The number of aryl methyl sites for hydroxylation is 1.